The third-order valence-electron chi connectivity index (χ3n) is 2.27. The molecule has 4 nitrogen and oxygen atoms in total. The van der Waals surface area contributed by atoms with E-state index in [1.54, 1.807) is 11.8 Å². The maximum absolute atomic E-state index is 10.9. The van der Waals surface area contributed by atoms with Crippen LogP contribution in [-0.4, -0.2) is 37.0 Å². The van der Waals surface area contributed by atoms with Crippen LogP contribution in [-0.2, 0) is 9.53 Å². The van der Waals surface area contributed by atoms with Gasteiger partial charge in [0.25, 0.3) is 0 Å². The number of esters is 1. The van der Waals surface area contributed by atoms with Crippen LogP contribution in [0.5, 0.6) is 5.75 Å². The average Bonchev–Trinajstić information content (AvgIpc) is 2.90. The number of carbonyl (C=O) groups is 1. The molecule has 17 heavy (non-hydrogen) atoms. The Morgan fingerprint density at radius 2 is 2.18 bits per heavy atom. The summed E-state index contributed by atoms with van der Waals surface area (Å²) in [7, 11) is 1.34. The van der Waals surface area contributed by atoms with Gasteiger partial charge in [-0.15, -0.1) is 11.8 Å². The molecule has 1 aliphatic heterocycles. The molecule has 0 saturated carbocycles. The number of carbonyl (C=O) groups excluding carboxylic acids is 1. The summed E-state index contributed by atoms with van der Waals surface area (Å²) in [6.07, 6.45) is 0. The summed E-state index contributed by atoms with van der Waals surface area (Å²) in [4.78, 5) is 15.3. The molecular formula is C12H13NO3S. The van der Waals surface area contributed by atoms with Crippen molar-refractivity contribution in [3.63, 3.8) is 0 Å². The molecule has 0 bridgehead atoms. The lowest BCUT2D eigenvalue weighted by atomic mass is 10.2. The molecule has 0 amide bonds. The summed E-state index contributed by atoms with van der Waals surface area (Å²) in [5, 5.41) is 1.07. The second-order valence-electron chi connectivity index (χ2n) is 3.42. The molecule has 1 aromatic rings. The average molecular weight is 251 g/mol. The SMILES string of the molecule is COC(=O)COc1ccc(C2=NCCS2)cc1. The highest BCUT2D eigenvalue weighted by atomic mass is 32.2. The molecule has 5 heteroatoms. The smallest absolute Gasteiger partial charge is 0.343 e. The number of rotatable bonds is 4. The Morgan fingerprint density at radius 1 is 1.41 bits per heavy atom. The molecule has 1 aromatic carbocycles. The number of thioether (sulfide) groups is 1. The molecule has 0 fully saturated rings. The first-order chi connectivity index (χ1) is 8.29. The van der Waals surface area contributed by atoms with Gasteiger partial charge in [-0.25, -0.2) is 4.79 Å². The summed E-state index contributed by atoms with van der Waals surface area (Å²) in [6.45, 7) is 0.826. The molecule has 90 valence electrons. The van der Waals surface area contributed by atoms with Crippen molar-refractivity contribution in [1.82, 2.24) is 0 Å². The van der Waals surface area contributed by atoms with Crippen LogP contribution in [0, 0.1) is 0 Å². The van der Waals surface area contributed by atoms with Gasteiger partial charge in [-0.1, -0.05) is 0 Å². The van der Waals surface area contributed by atoms with Crippen molar-refractivity contribution in [2.45, 2.75) is 0 Å². The maximum Gasteiger partial charge on any atom is 0.343 e. The number of aliphatic imine (C=N–C) groups is 1. The van der Waals surface area contributed by atoms with Gasteiger partial charge < -0.3 is 9.47 Å². The lowest BCUT2D eigenvalue weighted by Crippen LogP contribution is -2.12. The molecule has 0 unspecified atom stereocenters. The number of methoxy groups -OCH3 is 1. The summed E-state index contributed by atoms with van der Waals surface area (Å²) in [5.41, 5.74) is 1.10. The monoisotopic (exact) mass is 251 g/mol. The first-order valence-corrected chi connectivity index (χ1v) is 6.25. The van der Waals surface area contributed by atoms with E-state index in [1.165, 1.54) is 7.11 Å². The van der Waals surface area contributed by atoms with Crippen LogP contribution in [0.25, 0.3) is 0 Å². The van der Waals surface area contributed by atoms with Gasteiger partial charge in [0.2, 0.25) is 0 Å². The van der Waals surface area contributed by atoms with Gasteiger partial charge in [0, 0.05) is 17.9 Å². The van der Waals surface area contributed by atoms with E-state index in [0.717, 1.165) is 22.9 Å². The summed E-state index contributed by atoms with van der Waals surface area (Å²) >= 11 is 1.76. The van der Waals surface area contributed by atoms with Crippen molar-refractivity contribution in [3.8, 4) is 5.75 Å². The number of hydrogen-bond acceptors (Lipinski definition) is 5. The normalized spacial score (nSPS) is 14.3. The molecule has 0 aliphatic carbocycles. The Kier molecular flexibility index (Phi) is 4.03. The van der Waals surface area contributed by atoms with Gasteiger partial charge in [0.05, 0.1) is 12.2 Å². The van der Waals surface area contributed by atoms with Gasteiger partial charge in [-0.3, -0.25) is 4.99 Å². The van der Waals surface area contributed by atoms with Crippen molar-refractivity contribution in [1.29, 1.82) is 0 Å². The Morgan fingerprint density at radius 3 is 2.76 bits per heavy atom. The highest BCUT2D eigenvalue weighted by Gasteiger charge is 2.09. The van der Waals surface area contributed by atoms with E-state index in [9.17, 15) is 4.79 Å². The van der Waals surface area contributed by atoms with Crippen molar-refractivity contribution < 1.29 is 14.3 Å². The van der Waals surface area contributed by atoms with E-state index in [4.69, 9.17) is 4.74 Å². The Bertz CT molecular complexity index is 428. The van der Waals surface area contributed by atoms with Crippen molar-refractivity contribution in [3.05, 3.63) is 29.8 Å². The Balaban J connectivity index is 1.95. The van der Waals surface area contributed by atoms with Crippen LogP contribution in [0.15, 0.2) is 29.3 Å². The van der Waals surface area contributed by atoms with Crippen LogP contribution < -0.4 is 4.74 Å². The zero-order valence-electron chi connectivity index (χ0n) is 9.51. The quantitative estimate of drug-likeness (QED) is 0.765. The fourth-order valence-electron chi connectivity index (χ4n) is 1.40. The predicted octanol–water partition coefficient (Wildman–Crippen LogP) is 1.73. The molecular weight excluding hydrogens is 238 g/mol. The Labute approximate surface area is 104 Å². The van der Waals surface area contributed by atoms with Crippen molar-refractivity contribution in [2.24, 2.45) is 4.99 Å². The van der Waals surface area contributed by atoms with Gasteiger partial charge in [-0.2, -0.15) is 0 Å². The standard InChI is InChI=1S/C12H13NO3S/c1-15-11(14)8-16-10-4-2-9(3-5-10)12-13-6-7-17-12/h2-5H,6-8H2,1H3. The van der Waals surface area contributed by atoms with Crippen molar-refractivity contribution >= 4 is 22.8 Å². The predicted molar refractivity (Wildman–Crippen MR) is 67.8 cm³/mol. The molecule has 0 radical (unpaired) electrons. The zero-order chi connectivity index (χ0) is 12.1. The lowest BCUT2D eigenvalue weighted by molar-refractivity contribution is -0.142. The van der Waals surface area contributed by atoms with Gasteiger partial charge >= 0.3 is 5.97 Å². The molecule has 1 aliphatic rings. The van der Waals surface area contributed by atoms with Crippen LogP contribution in [0.2, 0.25) is 0 Å². The fourth-order valence-corrected chi connectivity index (χ4v) is 2.27. The topological polar surface area (TPSA) is 47.9 Å². The van der Waals surface area contributed by atoms with Gasteiger partial charge in [0.1, 0.15) is 5.75 Å². The number of nitrogens with zero attached hydrogens (tertiary/aromatic N) is 1. The van der Waals surface area contributed by atoms with Gasteiger partial charge in [0.15, 0.2) is 6.61 Å². The van der Waals surface area contributed by atoms with Crippen LogP contribution >= 0.6 is 11.8 Å². The highest BCUT2D eigenvalue weighted by Crippen LogP contribution is 2.21. The first kappa shape index (κ1) is 12.0. The summed E-state index contributed by atoms with van der Waals surface area (Å²) in [5.74, 6) is 1.32. The third kappa shape index (κ3) is 3.23. The molecule has 0 saturated heterocycles. The molecule has 0 aromatic heterocycles. The molecule has 0 spiro atoms. The largest absolute Gasteiger partial charge is 0.482 e. The van der Waals surface area contributed by atoms with E-state index < -0.39 is 0 Å². The summed E-state index contributed by atoms with van der Waals surface area (Å²) < 4.78 is 9.75. The first-order valence-electron chi connectivity index (χ1n) is 5.27. The Hall–Kier alpha value is -1.49. The fraction of sp³-hybridized carbons (Fsp3) is 0.333. The number of hydrogen-bond donors (Lipinski definition) is 0. The minimum atomic E-state index is -0.384. The molecule has 0 N–H and O–H groups in total. The number of benzene rings is 1. The van der Waals surface area contributed by atoms with Crippen molar-refractivity contribution in [2.75, 3.05) is 26.0 Å². The molecule has 2 rings (SSSR count). The summed E-state index contributed by atoms with van der Waals surface area (Å²) in [6, 6.07) is 7.56. The van der Waals surface area contributed by atoms with Gasteiger partial charge in [-0.05, 0) is 24.3 Å². The third-order valence-corrected chi connectivity index (χ3v) is 3.30. The number of ether oxygens (including phenoxy) is 2. The molecule has 0 atom stereocenters. The van der Waals surface area contributed by atoms with E-state index in [1.807, 2.05) is 24.3 Å². The minimum Gasteiger partial charge on any atom is -0.482 e. The second-order valence-corrected chi connectivity index (χ2v) is 4.51. The zero-order valence-corrected chi connectivity index (χ0v) is 10.3. The molecule has 1 heterocycles. The minimum absolute atomic E-state index is 0.0639. The van der Waals surface area contributed by atoms with Crippen LogP contribution in [0.4, 0.5) is 0 Å². The highest BCUT2D eigenvalue weighted by molar-refractivity contribution is 8.14. The van der Waals surface area contributed by atoms with E-state index in [0.29, 0.717) is 5.75 Å². The van der Waals surface area contributed by atoms with E-state index in [2.05, 4.69) is 9.73 Å². The van der Waals surface area contributed by atoms with E-state index in [-0.39, 0.29) is 12.6 Å². The van der Waals surface area contributed by atoms with Crippen LogP contribution in [0.3, 0.4) is 0 Å². The lowest BCUT2D eigenvalue weighted by Gasteiger charge is -2.05. The maximum atomic E-state index is 10.9. The van der Waals surface area contributed by atoms with Crippen LogP contribution in [0.1, 0.15) is 5.56 Å². The van der Waals surface area contributed by atoms with E-state index >= 15 is 0 Å². The second kappa shape index (κ2) is 5.72.